The van der Waals surface area contributed by atoms with Crippen LogP contribution in [0.4, 0.5) is 14.5 Å². The number of para-hydroxylation sites is 1. The summed E-state index contributed by atoms with van der Waals surface area (Å²) >= 11 is 1.26. The van der Waals surface area contributed by atoms with E-state index in [-0.39, 0.29) is 5.69 Å². The van der Waals surface area contributed by atoms with Crippen LogP contribution >= 0.6 is 11.8 Å². The van der Waals surface area contributed by atoms with Crippen LogP contribution in [0, 0.1) is 18.6 Å². The summed E-state index contributed by atoms with van der Waals surface area (Å²) in [5.41, 5.74) is 0.747. The van der Waals surface area contributed by atoms with E-state index in [1.807, 2.05) is 24.3 Å². The maximum absolute atomic E-state index is 13.7. The Hall–Kier alpha value is -2.54. The molecule has 0 fully saturated rings. The molecule has 0 spiro atoms. The van der Waals surface area contributed by atoms with E-state index < -0.39 is 22.8 Å². The first-order valence-corrected chi connectivity index (χ1v) is 8.48. The average molecular weight is 359 g/mol. The standard InChI is InChI=1S/C18H15F2N3OS/c1-10(17(24)23-16-8-7-12(19)9-14(16)20)25-18-13-5-3-4-6-15(13)21-11(2)22-18/h3-10H,1-2H3,(H,23,24). The topological polar surface area (TPSA) is 54.9 Å². The van der Waals surface area contributed by atoms with Gasteiger partial charge in [0, 0.05) is 11.5 Å². The number of thioether (sulfide) groups is 1. The smallest absolute Gasteiger partial charge is 0.237 e. The summed E-state index contributed by atoms with van der Waals surface area (Å²) < 4.78 is 26.6. The van der Waals surface area contributed by atoms with E-state index in [0.29, 0.717) is 10.9 Å². The van der Waals surface area contributed by atoms with Gasteiger partial charge in [0.2, 0.25) is 5.91 Å². The lowest BCUT2D eigenvalue weighted by Crippen LogP contribution is -2.23. The van der Waals surface area contributed by atoms with Crippen LogP contribution in [0.25, 0.3) is 10.9 Å². The minimum absolute atomic E-state index is 0.0532. The summed E-state index contributed by atoms with van der Waals surface area (Å²) in [5, 5.41) is 3.49. The van der Waals surface area contributed by atoms with Gasteiger partial charge >= 0.3 is 0 Å². The van der Waals surface area contributed by atoms with Crippen molar-refractivity contribution < 1.29 is 13.6 Å². The second-order valence-electron chi connectivity index (χ2n) is 5.47. The molecule has 1 unspecified atom stereocenters. The van der Waals surface area contributed by atoms with E-state index in [1.54, 1.807) is 13.8 Å². The van der Waals surface area contributed by atoms with Crippen LogP contribution in [0.2, 0.25) is 0 Å². The second kappa shape index (κ2) is 7.14. The number of benzene rings is 2. The van der Waals surface area contributed by atoms with Crippen molar-refractivity contribution >= 4 is 34.3 Å². The number of nitrogens with zero attached hydrogens (tertiary/aromatic N) is 2. The van der Waals surface area contributed by atoms with Gasteiger partial charge in [-0.15, -0.1) is 0 Å². The normalized spacial score (nSPS) is 12.2. The SMILES string of the molecule is Cc1nc(SC(C)C(=O)Nc2ccc(F)cc2F)c2ccccc2n1. The van der Waals surface area contributed by atoms with Crippen LogP contribution in [-0.4, -0.2) is 21.1 Å². The quantitative estimate of drug-likeness (QED) is 0.556. The van der Waals surface area contributed by atoms with Gasteiger partial charge in [-0.3, -0.25) is 4.79 Å². The first-order valence-electron chi connectivity index (χ1n) is 7.60. The second-order valence-corrected chi connectivity index (χ2v) is 6.80. The molecule has 3 rings (SSSR count). The van der Waals surface area contributed by atoms with Crippen molar-refractivity contribution in [3.63, 3.8) is 0 Å². The molecule has 1 atom stereocenters. The first kappa shape index (κ1) is 17.3. The van der Waals surface area contributed by atoms with Crippen LogP contribution < -0.4 is 5.32 Å². The molecule has 1 N–H and O–H groups in total. The van der Waals surface area contributed by atoms with Gasteiger partial charge in [0.25, 0.3) is 0 Å². The fraction of sp³-hybridized carbons (Fsp3) is 0.167. The van der Waals surface area contributed by atoms with Gasteiger partial charge in [-0.2, -0.15) is 0 Å². The number of halogens is 2. The Bertz CT molecular complexity index is 949. The molecule has 7 heteroatoms. The molecular weight excluding hydrogens is 344 g/mol. The van der Waals surface area contributed by atoms with E-state index in [0.717, 1.165) is 23.0 Å². The van der Waals surface area contributed by atoms with Crippen LogP contribution in [0.3, 0.4) is 0 Å². The Morgan fingerprint density at radius 2 is 1.92 bits per heavy atom. The highest BCUT2D eigenvalue weighted by Crippen LogP contribution is 2.29. The number of carbonyl (C=O) groups excluding carboxylic acids is 1. The van der Waals surface area contributed by atoms with Gasteiger partial charge < -0.3 is 5.32 Å². The molecule has 0 saturated carbocycles. The molecule has 1 aromatic heterocycles. The summed E-state index contributed by atoms with van der Waals surface area (Å²) in [6.45, 7) is 3.49. The fourth-order valence-corrected chi connectivity index (χ4v) is 3.28. The largest absolute Gasteiger partial charge is 0.323 e. The zero-order chi connectivity index (χ0) is 18.0. The summed E-state index contributed by atoms with van der Waals surface area (Å²) in [6.07, 6.45) is 0. The molecule has 2 aromatic carbocycles. The molecule has 0 aliphatic rings. The van der Waals surface area contributed by atoms with Gasteiger partial charge in [-0.25, -0.2) is 18.7 Å². The van der Waals surface area contributed by atoms with Gasteiger partial charge in [0.1, 0.15) is 22.5 Å². The first-order chi connectivity index (χ1) is 11.9. The molecular formula is C18H15F2N3OS. The van der Waals surface area contributed by atoms with Gasteiger partial charge in [-0.05, 0) is 32.0 Å². The van der Waals surface area contributed by atoms with Crippen LogP contribution in [-0.2, 0) is 4.79 Å². The summed E-state index contributed by atoms with van der Waals surface area (Å²) in [6, 6.07) is 10.6. The lowest BCUT2D eigenvalue weighted by atomic mass is 10.2. The number of fused-ring (bicyclic) bond motifs is 1. The van der Waals surface area contributed by atoms with E-state index in [4.69, 9.17) is 0 Å². The maximum Gasteiger partial charge on any atom is 0.237 e. The average Bonchev–Trinajstić information content (AvgIpc) is 2.57. The maximum atomic E-state index is 13.7. The molecule has 1 heterocycles. The Morgan fingerprint density at radius 1 is 1.16 bits per heavy atom. The van der Waals surface area contributed by atoms with E-state index in [9.17, 15) is 13.6 Å². The number of hydrogen-bond donors (Lipinski definition) is 1. The third kappa shape index (κ3) is 3.93. The number of aryl methyl sites for hydroxylation is 1. The number of nitrogens with one attached hydrogen (secondary N) is 1. The van der Waals surface area contributed by atoms with Gasteiger partial charge in [0.05, 0.1) is 16.5 Å². The van der Waals surface area contributed by atoms with E-state index >= 15 is 0 Å². The minimum atomic E-state index is -0.811. The zero-order valence-corrected chi connectivity index (χ0v) is 14.4. The van der Waals surface area contributed by atoms with E-state index in [2.05, 4.69) is 15.3 Å². The molecule has 3 aromatic rings. The van der Waals surface area contributed by atoms with Crippen LogP contribution in [0.5, 0.6) is 0 Å². The highest BCUT2D eigenvalue weighted by atomic mass is 32.2. The van der Waals surface area contributed by atoms with Crippen molar-refractivity contribution in [3.05, 3.63) is 59.9 Å². The van der Waals surface area contributed by atoms with Crippen molar-refractivity contribution in [3.8, 4) is 0 Å². The number of anilines is 1. The van der Waals surface area contributed by atoms with Crippen molar-refractivity contribution in [2.24, 2.45) is 0 Å². The number of amides is 1. The van der Waals surface area contributed by atoms with Gasteiger partial charge in [-0.1, -0.05) is 30.0 Å². The number of hydrogen-bond acceptors (Lipinski definition) is 4. The molecule has 25 heavy (non-hydrogen) atoms. The highest BCUT2D eigenvalue weighted by Gasteiger charge is 2.19. The van der Waals surface area contributed by atoms with Crippen LogP contribution in [0.1, 0.15) is 12.7 Å². The number of aromatic nitrogens is 2. The molecule has 0 aliphatic carbocycles. The summed E-state index contributed by atoms with van der Waals surface area (Å²) in [7, 11) is 0. The molecule has 128 valence electrons. The Morgan fingerprint density at radius 3 is 2.68 bits per heavy atom. The van der Waals surface area contributed by atoms with Gasteiger partial charge in [0.15, 0.2) is 0 Å². The Labute approximate surface area is 147 Å². The Balaban J connectivity index is 1.80. The molecule has 0 aliphatic heterocycles. The van der Waals surface area contributed by atoms with E-state index in [1.165, 1.54) is 17.8 Å². The fourth-order valence-electron chi connectivity index (χ4n) is 2.29. The summed E-state index contributed by atoms with van der Waals surface area (Å²) in [5.74, 6) is -1.29. The molecule has 1 amide bonds. The highest BCUT2D eigenvalue weighted by molar-refractivity contribution is 8.00. The predicted molar refractivity (Wildman–Crippen MR) is 94.6 cm³/mol. The molecule has 0 bridgehead atoms. The van der Waals surface area contributed by atoms with Crippen molar-refractivity contribution in [1.82, 2.24) is 9.97 Å². The van der Waals surface area contributed by atoms with Crippen molar-refractivity contribution in [2.75, 3.05) is 5.32 Å². The number of rotatable bonds is 4. The third-order valence-electron chi connectivity index (χ3n) is 3.53. The number of carbonyl (C=O) groups is 1. The molecule has 0 saturated heterocycles. The lowest BCUT2D eigenvalue weighted by molar-refractivity contribution is -0.115. The molecule has 0 radical (unpaired) electrons. The van der Waals surface area contributed by atoms with Crippen molar-refractivity contribution in [2.45, 2.75) is 24.1 Å². The minimum Gasteiger partial charge on any atom is -0.323 e. The monoisotopic (exact) mass is 359 g/mol. The lowest BCUT2D eigenvalue weighted by Gasteiger charge is -2.13. The van der Waals surface area contributed by atoms with Crippen LogP contribution in [0.15, 0.2) is 47.5 Å². The predicted octanol–water partition coefficient (Wildman–Crippen LogP) is 4.34. The third-order valence-corrected chi connectivity index (χ3v) is 4.63. The Kier molecular flexibility index (Phi) is 4.94. The zero-order valence-electron chi connectivity index (χ0n) is 13.6. The van der Waals surface area contributed by atoms with Crippen molar-refractivity contribution in [1.29, 1.82) is 0 Å². The summed E-state index contributed by atoms with van der Waals surface area (Å²) in [4.78, 5) is 21.1. The molecule has 4 nitrogen and oxygen atoms in total.